The Kier molecular flexibility index (Phi) is 2.99. The first-order valence-electron chi connectivity index (χ1n) is 5.25. The third-order valence-electron chi connectivity index (χ3n) is 2.50. The molecule has 1 heterocycles. The van der Waals surface area contributed by atoms with Crippen molar-refractivity contribution in [1.82, 2.24) is 15.1 Å². The van der Waals surface area contributed by atoms with Crippen LogP contribution < -0.4 is 5.32 Å². The summed E-state index contributed by atoms with van der Waals surface area (Å²) in [5.74, 6) is 0. The van der Waals surface area contributed by atoms with Crippen LogP contribution in [0.2, 0.25) is 0 Å². The molecule has 0 radical (unpaired) electrons. The van der Waals surface area contributed by atoms with Crippen molar-refractivity contribution in [2.45, 2.75) is 38.4 Å². The van der Waals surface area contributed by atoms with Crippen LogP contribution in [-0.2, 0) is 13.1 Å². The summed E-state index contributed by atoms with van der Waals surface area (Å²) in [6, 6.07) is 2.84. The van der Waals surface area contributed by atoms with Crippen molar-refractivity contribution in [3.8, 4) is 0 Å². The molecule has 1 aliphatic carbocycles. The van der Waals surface area contributed by atoms with Gasteiger partial charge < -0.3 is 5.32 Å². The van der Waals surface area contributed by atoms with E-state index in [-0.39, 0.29) is 0 Å². The van der Waals surface area contributed by atoms with E-state index in [1.165, 1.54) is 18.5 Å². The van der Waals surface area contributed by atoms with Gasteiger partial charge in [-0.2, -0.15) is 5.10 Å². The van der Waals surface area contributed by atoms with Gasteiger partial charge in [0.1, 0.15) is 0 Å². The monoisotopic (exact) mass is 191 g/mol. The standard InChI is InChI=1S/C11H17N3/c1-2-3-8-14-11(6-7-13-14)9-12-10-4-5-10/h2,6-7,10,12H,1,3-5,8-9H2. The third kappa shape index (κ3) is 2.45. The van der Waals surface area contributed by atoms with Gasteiger partial charge in [0.25, 0.3) is 0 Å². The molecule has 3 heteroatoms. The summed E-state index contributed by atoms with van der Waals surface area (Å²) in [7, 11) is 0. The lowest BCUT2D eigenvalue weighted by atomic mass is 10.4. The van der Waals surface area contributed by atoms with Crippen LogP contribution in [-0.4, -0.2) is 15.8 Å². The topological polar surface area (TPSA) is 29.9 Å². The first kappa shape index (κ1) is 9.46. The Morgan fingerprint density at radius 1 is 1.64 bits per heavy atom. The highest BCUT2D eigenvalue weighted by Gasteiger charge is 2.20. The van der Waals surface area contributed by atoms with Gasteiger partial charge in [-0.25, -0.2) is 0 Å². The molecule has 14 heavy (non-hydrogen) atoms. The largest absolute Gasteiger partial charge is 0.308 e. The smallest absolute Gasteiger partial charge is 0.0522 e. The van der Waals surface area contributed by atoms with Crippen LogP contribution in [0, 0.1) is 0 Å². The Morgan fingerprint density at radius 3 is 3.21 bits per heavy atom. The average molecular weight is 191 g/mol. The van der Waals surface area contributed by atoms with Crippen molar-refractivity contribution in [2.24, 2.45) is 0 Å². The van der Waals surface area contributed by atoms with E-state index in [2.05, 4.69) is 27.7 Å². The molecule has 76 valence electrons. The van der Waals surface area contributed by atoms with E-state index >= 15 is 0 Å². The molecular weight excluding hydrogens is 174 g/mol. The molecule has 0 atom stereocenters. The van der Waals surface area contributed by atoms with Gasteiger partial charge >= 0.3 is 0 Å². The van der Waals surface area contributed by atoms with E-state index in [1.54, 1.807) is 0 Å². The number of hydrogen-bond acceptors (Lipinski definition) is 2. The van der Waals surface area contributed by atoms with Crippen LogP contribution >= 0.6 is 0 Å². The lowest BCUT2D eigenvalue weighted by Gasteiger charge is -2.06. The van der Waals surface area contributed by atoms with Crippen molar-refractivity contribution in [1.29, 1.82) is 0 Å². The van der Waals surface area contributed by atoms with E-state index in [0.29, 0.717) is 0 Å². The second-order valence-corrected chi connectivity index (χ2v) is 3.78. The quantitative estimate of drug-likeness (QED) is 0.694. The fraction of sp³-hybridized carbons (Fsp3) is 0.545. The highest BCUT2D eigenvalue weighted by atomic mass is 15.3. The summed E-state index contributed by atoms with van der Waals surface area (Å²) in [5.41, 5.74) is 1.28. The molecule has 1 aliphatic rings. The van der Waals surface area contributed by atoms with Crippen molar-refractivity contribution in [2.75, 3.05) is 0 Å². The van der Waals surface area contributed by atoms with Gasteiger partial charge in [-0.15, -0.1) is 6.58 Å². The summed E-state index contributed by atoms with van der Waals surface area (Å²) < 4.78 is 2.05. The van der Waals surface area contributed by atoms with Crippen LogP contribution in [0.3, 0.4) is 0 Å². The number of nitrogens with one attached hydrogen (secondary N) is 1. The maximum Gasteiger partial charge on any atom is 0.0522 e. The Morgan fingerprint density at radius 2 is 2.50 bits per heavy atom. The Labute approximate surface area is 84.8 Å². The lowest BCUT2D eigenvalue weighted by molar-refractivity contribution is 0.561. The van der Waals surface area contributed by atoms with E-state index < -0.39 is 0 Å². The molecule has 1 aromatic heterocycles. The van der Waals surface area contributed by atoms with Crippen LogP contribution in [0.5, 0.6) is 0 Å². The second-order valence-electron chi connectivity index (χ2n) is 3.78. The molecule has 1 saturated carbocycles. The summed E-state index contributed by atoms with van der Waals surface area (Å²) in [6.07, 6.45) is 7.45. The van der Waals surface area contributed by atoms with Gasteiger partial charge in [-0.1, -0.05) is 6.08 Å². The van der Waals surface area contributed by atoms with Crippen molar-refractivity contribution < 1.29 is 0 Å². The Balaban J connectivity index is 1.86. The van der Waals surface area contributed by atoms with Gasteiger partial charge in [-0.05, 0) is 25.3 Å². The summed E-state index contributed by atoms with van der Waals surface area (Å²) in [4.78, 5) is 0. The lowest BCUT2D eigenvalue weighted by Crippen LogP contribution is -2.18. The Bertz CT molecular complexity index is 299. The van der Waals surface area contributed by atoms with Crippen LogP contribution in [0.15, 0.2) is 24.9 Å². The summed E-state index contributed by atoms with van der Waals surface area (Å²) in [5, 5.41) is 7.77. The fourth-order valence-corrected chi connectivity index (χ4v) is 1.46. The maximum absolute atomic E-state index is 4.28. The van der Waals surface area contributed by atoms with Gasteiger partial charge in [0.2, 0.25) is 0 Å². The zero-order chi connectivity index (χ0) is 9.80. The Hall–Kier alpha value is -1.09. The molecule has 0 spiro atoms. The normalized spacial score (nSPS) is 15.7. The van der Waals surface area contributed by atoms with Gasteiger partial charge in [-0.3, -0.25) is 4.68 Å². The average Bonchev–Trinajstić information content (AvgIpc) is 2.92. The van der Waals surface area contributed by atoms with Crippen molar-refractivity contribution in [3.63, 3.8) is 0 Å². The number of allylic oxidation sites excluding steroid dienone is 1. The fourth-order valence-electron chi connectivity index (χ4n) is 1.46. The second kappa shape index (κ2) is 4.42. The number of hydrogen-bond donors (Lipinski definition) is 1. The van der Waals surface area contributed by atoms with E-state index in [9.17, 15) is 0 Å². The minimum absolute atomic E-state index is 0.762. The predicted molar refractivity (Wildman–Crippen MR) is 56.9 cm³/mol. The molecule has 0 saturated heterocycles. The molecule has 3 nitrogen and oxygen atoms in total. The summed E-state index contributed by atoms with van der Waals surface area (Å²) in [6.45, 7) is 5.61. The van der Waals surface area contributed by atoms with Crippen LogP contribution in [0.4, 0.5) is 0 Å². The molecule has 1 aromatic rings. The molecule has 0 bridgehead atoms. The van der Waals surface area contributed by atoms with E-state index in [0.717, 1.165) is 25.6 Å². The molecule has 1 fully saturated rings. The van der Waals surface area contributed by atoms with E-state index in [1.807, 2.05) is 12.3 Å². The SMILES string of the molecule is C=CCCn1nccc1CNC1CC1. The highest BCUT2D eigenvalue weighted by Crippen LogP contribution is 2.19. The molecule has 2 rings (SSSR count). The molecule has 1 N–H and O–H groups in total. The molecule has 0 aromatic carbocycles. The van der Waals surface area contributed by atoms with Gasteiger partial charge in [0.05, 0.1) is 5.69 Å². The van der Waals surface area contributed by atoms with E-state index in [4.69, 9.17) is 0 Å². The highest BCUT2D eigenvalue weighted by molar-refractivity contribution is 5.01. The zero-order valence-corrected chi connectivity index (χ0v) is 8.45. The summed E-state index contributed by atoms with van der Waals surface area (Å²) >= 11 is 0. The van der Waals surface area contributed by atoms with Gasteiger partial charge in [0, 0.05) is 25.3 Å². The van der Waals surface area contributed by atoms with Crippen LogP contribution in [0.25, 0.3) is 0 Å². The first-order chi connectivity index (χ1) is 6.90. The molecule has 0 unspecified atom stereocenters. The number of rotatable bonds is 6. The van der Waals surface area contributed by atoms with Crippen molar-refractivity contribution >= 4 is 0 Å². The number of aryl methyl sites for hydroxylation is 1. The zero-order valence-electron chi connectivity index (χ0n) is 8.45. The first-order valence-corrected chi connectivity index (χ1v) is 5.25. The molecular formula is C11H17N3. The predicted octanol–water partition coefficient (Wildman–Crippen LogP) is 1.71. The third-order valence-corrected chi connectivity index (χ3v) is 2.50. The number of aromatic nitrogens is 2. The minimum atomic E-state index is 0.762. The minimum Gasteiger partial charge on any atom is -0.308 e. The number of nitrogens with zero attached hydrogens (tertiary/aromatic N) is 2. The maximum atomic E-state index is 4.28. The van der Waals surface area contributed by atoms with Gasteiger partial charge in [0.15, 0.2) is 0 Å². The molecule has 0 amide bonds. The molecule has 0 aliphatic heterocycles. The van der Waals surface area contributed by atoms with Crippen molar-refractivity contribution in [3.05, 3.63) is 30.6 Å². The van der Waals surface area contributed by atoms with Crippen LogP contribution in [0.1, 0.15) is 25.0 Å².